The lowest BCUT2D eigenvalue weighted by Gasteiger charge is -2.22. The van der Waals surface area contributed by atoms with Crippen molar-refractivity contribution in [1.29, 1.82) is 0 Å². The first-order valence-corrected chi connectivity index (χ1v) is 12.3. The number of rotatable bonds is 11. The van der Waals surface area contributed by atoms with Gasteiger partial charge in [-0.1, -0.05) is 53.2 Å². The van der Waals surface area contributed by atoms with Gasteiger partial charge in [0.2, 0.25) is 0 Å². The van der Waals surface area contributed by atoms with Gasteiger partial charge in [-0.05, 0) is 54.8 Å². The topological polar surface area (TPSA) is 93.9 Å². The normalized spacial score (nSPS) is 10.6. The van der Waals surface area contributed by atoms with E-state index in [0.717, 1.165) is 22.4 Å². The standard InChI is InChI=1S/C30H31N3O5/c1-21-7-9-23(10-8-21)19-31-29(34)28-18-27(38-32-28)20-33(16-15-22-11-13-25(36-2)14-12-22)30(35)24-5-4-6-26(17-24)37-3/h4-14,17-18H,15-16,19-20H2,1-3H3,(H,31,34). The molecule has 0 saturated carbocycles. The Labute approximate surface area is 222 Å². The van der Waals surface area contributed by atoms with Gasteiger partial charge < -0.3 is 24.2 Å². The smallest absolute Gasteiger partial charge is 0.273 e. The van der Waals surface area contributed by atoms with Gasteiger partial charge in [0.05, 0.1) is 20.8 Å². The second kappa shape index (κ2) is 12.6. The quantitative estimate of drug-likeness (QED) is 0.309. The number of aryl methyl sites for hydroxylation is 1. The van der Waals surface area contributed by atoms with E-state index < -0.39 is 0 Å². The van der Waals surface area contributed by atoms with Crippen LogP contribution in [0.2, 0.25) is 0 Å². The number of hydrogen-bond donors (Lipinski definition) is 1. The number of benzene rings is 3. The van der Waals surface area contributed by atoms with Crippen LogP contribution in [-0.4, -0.2) is 42.6 Å². The predicted octanol–water partition coefficient (Wildman–Crippen LogP) is 4.82. The molecule has 1 aromatic heterocycles. The van der Waals surface area contributed by atoms with Crippen LogP contribution >= 0.6 is 0 Å². The van der Waals surface area contributed by atoms with Crippen LogP contribution in [0.1, 0.15) is 43.3 Å². The zero-order valence-corrected chi connectivity index (χ0v) is 21.8. The van der Waals surface area contributed by atoms with Crippen LogP contribution in [0.5, 0.6) is 11.5 Å². The summed E-state index contributed by atoms with van der Waals surface area (Å²) in [6.07, 6.45) is 0.623. The average molecular weight is 514 g/mol. The molecule has 8 nitrogen and oxygen atoms in total. The molecular formula is C30H31N3O5. The van der Waals surface area contributed by atoms with Crippen molar-refractivity contribution in [3.63, 3.8) is 0 Å². The molecule has 0 spiro atoms. The maximum Gasteiger partial charge on any atom is 0.273 e. The van der Waals surface area contributed by atoms with Crippen LogP contribution in [0, 0.1) is 6.92 Å². The summed E-state index contributed by atoms with van der Waals surface area (Å²) in [6, 6.07) is 24.2. The van der Waals surface area contributed by atoms with Crippen molar-refractivity contribution in [3.05, 3.63) is 113 Å². The van der Waals surface area contributed by atoms with Gasteiger partial charge in [-0.3, -0.25) is 9.59 Å². The van der Waals surface area contributed by atoms with Crippen molar-refractivity contribution in [2.75, 3.05) is 20.8 Å². The van der Waals surface area contributed by atoms with E-state index in [0.29, 0.717) is 36.6 Å². The van der Waals surface area contributed by atoms with E-state index in [1.165, 1.54) is 0 Å². The predicted molar refractivity (Wildman–Crippen MR) is 143 cm³/mol. The summed E-state index contributed by atoms with van der Waals surface area (Å²) >= 11 is 0. The van der Waals surface area contributed by atoms with E-state index in [-0.39, 0.29) is 24.1 Å². The number of methoxy groups -OCH3 is 2. The Morgan fingerprint density at radius 2 is 1.61 bits per heavy atom. The first-order chi connectivity index (χ1) is 18.4. The molecule has 0 bridgehead atoms. The summed E-state index contributed by atoms with van der Waals surface area (Å²) in [5.41, 5.74) is 3.86. The number of aromatic nitrogens is 1. The molecule has 38 heavy (non-hydrogen) atoms. The van der Waals surface area contributed by atoms with E-state index in [1.54, 1.807) is 49.5 Å². The van der Waals surface area contributed by atoms with E-state index >= 15 is 0 Å². The summed E-state index contributed by atoms with van der Waals surface area (Å²) in [5, 5.41) is 6.79. The SMILES string of the molecule is COc1ccc(CCN(Cc2cc(C(=O)NCc3ccc(C)cc3)no2)C(=O)c2cccc(OC)c2)cc1. The van der Waals surface area contributed by atoms with Crippen LogP contribution in [-0.2, 0) is 19.5 Å². The summed E-state index contributed by atoms with van der Waals surface area (Å²) in [6.45, 7) is 2.98. The first-order valence-electron chi connectivity index (χ1n) is 12.3. The van der Waals surface area contributed by atoms with Gasteiger partial charge in [-0.15, -0.1) is 0 Å². The third-order valence-electron chi connectivity index (χ3n) is 6.15. The lowest BCUT2D eigenvalue weighted by molar-refractivity contribution is 0.0728. The Balaban J connectivity index is 1.46. The lowest BCUT2D eigenvalue weighted by Crippen LogP contribution is -2.32. The molecule has 1 heterocycles. The molecule has 0 aliphatic rings. The fourth-order valence-electron chi connectivity index (χ4n) is 3.91. The minimum absolute atomic E-state index is 0.157. The van der Waals surface area contributed by atoms with Gasteiger partial charge in [0, 0.05) is 24.7 Å². The van der Waals surface area contributed by atoms with Crippen molar-refractivity contribution < 1.29 is 23.6 Å². The van der Waals surface area contributed by atoms with Crippen LogP contribution < -0.4 is 14.8 Å². The van der Waals surface area contributed by atoms with E-state index in [1.807, 2.05) is 55.5 Å². The van der Waals surface area contributed by atoms with Gasteiger partial charge in [0.15, 0.2) is 11.5 Å². The highest BCUT2D eigenvalue weighted by Gasteiger charge is 2.20. The molecule has 0 fully saturated rings. The molecular weight excluding hydrogens is 482 g/mol. The molecule has 0 aliphatic carbocycles. The number of nitrogens with one attached hydrogen (secondary N) is 1. The molecule has 4 rings (SSSR count). The molecule has 1 N–H and O–H groups in total. The molecule has 0 unspecified atom stereocenters. The molecule has 0 aliphatic heterocycles. The van der Waals surface area contributed by atoms with Gasteiger partial charge in [-0.2, -0.15) is 0 Å². The highest BCUT2D eigenvalue weighted by atomic mass is 16.5. The van der Waals surface area contributed by atoms with Gasteiger partial charge in [0.25, 0.3) is 11.8 Å². The van der Waals surface area contributed by atoms with Crippen LogP contribution in [0.3, 0.4) is 0 Å². The van der Waals surface area contributed by atoms with Crippen LogP contribution in [0.15, 0.2) is 83.4 Å². The number of carbonyl (C=O) groups excluding carboxylic acids is 2. The third-order valence-corrected chi connectivity index (χ3v) is 6.15. The van der Waals surface area contributed by atoms with E-state index in [2.05, 4.69) is 10.5 Å². The zero-order chi connectivity index (χ0) is 26.9. The third kappa shape index (κ3) is 7.00. The van der Waals surface area contributed by atoms with Gasteiger partial charge >= 0.3 is 0 Å². The maximum atomic E-state index is 13.5. The molecule has 196 valence electrons. The van der Waals surface area contributed by atoms with Crippen molar-refractivity contribution >= 4 is 11.8 Å². The van der Waals surface area contributed by atoms with Crippen LogP contribution in [0.25, 0.3) is 0 Å². The van der Waals surface area contributed by atoms with Crippen molar-refractivity contribution in [2.45, 2.75) is 26.4 Å². The molecule has 0 atom stereocenters. The first kappa shape index (κ1) is 26.5. The van der Waals surface area contributed by atoms with E-state index in [4.69, 9.17) is 14.0 Å². The van der Waals surface area contributed by atoms with E-state index in [9.17, 15) is 9.59 Å². The number of hydrogen-bond acceptors (Lipinski definition) is 6. The molecule has 0 radical (unpaired) electrons. The van der Waals surface area contributed by atoms with Crippen LogP contribution in [0.4, 0.5) is 0 Å². The second-order valence-corrected chi connectivity index (χ2v) is 8.90. The molecule has 2 amide bonds. The Hall–Kier alpha value is -4.59. The second-order valence-electron chi connectivity index (χ2n) is 8.90. The molecule has 8 heteroatoms. The minimum atomic E-state index is -0.343. The lowest BCUT2D eigenvalue weighted by atomic mass is 10.1. The number of nitrogens with zero attached hydrogens (tertiary/aromatic N) is 2. The molecule has 4 aromatic rings. The zero-order valence-electron chi connectivity index (χ0n) is 21.8. The summed E-state index contributed by atoms with van der Waals surface area (Å²) in [7, 11) is 3.18. The maximum absolute atomic E-state index is 13.5. The average Bonchev–Trinajstić information content (AvgIpc) is 3.43. The molecule has 3 aromatic carbocycles. The van der Waals surface area contributed by atoms with Crippen molar-refractivity contribution in [1.82, 2.24) is 15.4 Å². The number of carbonyl (C=O) groups is 2. The minimum Gasteiger partial charge on any atom is -0.497 e. The highest BCUT2D eigenvalue weighted by Crippen LogP contribution is 2.18. The Morgan fingerprint density at radius 3 is 2.32 bits per heavy atom. The molecule has 0 saturated heterocycles. The van der Waals surface area contributed by atoms with Crippen molar-refractivity contribution in [2.24, 2.45) is 0 Å². The number of amides is 2. The monoisotopic (exact) mass is 513 g/mol. The fourth-order valence-corrected chi connectivity index (χ4v) is 3.91. The highest BCUT2D eigenvalue weighted by molar-refractivity contribution is 5.95. The Morgan fingerprint density at radius 1 is 0.895 bits per heavy atom. The fraction of sp³-hybridized carbons (Fsp3) is 0.233. The van der Waals surface area contributed by atoms with Crippen molar-refractivity contribution in [3.8, 4) is 11.5 Å². The summed E-state index contributed by atoms with van der Waals surface area (Å²) in [4.78, 5) is 27.8. The Bertz CT molecular complexity index is 1360. The summed E-state index contributed by atoms with van der Waals surface area (Å²) in [5.74, 6) is 1.26. The van der Waals surface area contributed by atoms with Gasteiger partial charge in [-0.25, -0.2) is 0 Å². The summed E-state index contributed by atoms with van der Waals surface area (Å²) < 4.78 is 16.0. The largest absolute Gasteiger partial charge is 0.497 e. The van der Waals surface area contributed by atoms with Gasteiger partial charge in [0.1, 0.15) is 11.5 Å². The number of ether oxygens (including phenoxy) is 2. The Kier molecular flexibility index (Phi) is 8.77.